The van der Waals surface area contributed by atoms with E-state index in [1.54, 1.807) is 0 Å². The average Bonchev–Trinajstić information content (AvgIpc) is 2.35. The first-order chi connectivity index (χ1) is 9.16. The first kappa shape index (κ1) is 16.8. The normalized spacial score (nSPS) is 13.8. The zero-order valence-corrected chi connectivity index (χ0v) is 10.3. The van der Waals surface area contributed by atoms with Crippen LogP contribution >= 0.6 is 0 Å². The predicted octanol–water partition coefficient (Wildman–Crippen LogP) is 3.22. The van der Waals surface area contributed by atoms with Crippen LogP contribution in [0.15, 0.2) is 12.1 Å². The van der Waals surface area contributed by atoms with E-state index < -0.39 is 48.9 Å². The third-order valence-electron chi connectivity index (χ3n) is 2.55. The van der Waals surface area contributed by atoms with Gasteiger partial charge in [0.2, 0.25) is 0 Å². The molecule has 0 spiro atoms. The molecule has 0 aliphatic carbocycles. The molecule has 1 N–H and O–H groups in total. The minimum Gasteiger partial charge on any atom is -0.386 e. The molecule has 1 atom stereocenters. The molecule has 0 aliphatic rings. The number of aryl methyl sites for hydroxylation is 1. The summed E-state index contributed by atoms with van der Waals surface area (Å²) in [6, 6.07) is 2.25. The number of rotatable bonds is 6. The number of benzene rings is 1. The molecule has 1 aromatic carbocycles. The van der Waals surface area contributed by atoms with Crippen LogP contribution in [0.3, 0.4) is 0 Å². The molecule has 0 heterocycles. The van der Waals surface area contributed by atoms with Gasteiger partial charge in [-0.1, -0.05) is 12.1 Å². The number of aliphatic hydroxyl groups is 1. The minimum absolute atomic E-state index is 0.00334. The monoisotopic (exact) mass is 302 g/mol. The summed E-state index contributed by atoms with van der Waals surface area (Å²) in [7, 11) is 0. The van der Waals surface area contributed by atoms with Crippen LogP contribution < -0.4 is 0 Å². The lowest BCUT2D eigenvalue weighted by Crippen LogP contribution is -2.33. The van der Waals surface area contributed by atoms with Crippen molar-refractivity contribution < 1.29 is 36.2 Å². The van der Waals surface area contributed by atoms with Crippen molar-refractivity contribution in [2.45, 2.75) is 25.4 Å². The Bertz CT molecular complexity index is 464. The van der Waals surface area contributed by atoms with E-state index in [-0.39, 0.29) is 5.56 Å². The van der Waals surface area contributed by atoms with E-state index in [1.165, 1.54) is 13.0 Å². The van der Waals surface area contributed by atoms with E-state index in [9.17, 15) is 31.4 Å². The number of ether oxygens (including phenoxy) is 1. The van der Waals surface area contributed by atoms with E-state index in [1.807, 2.05) is 0 Å². The Kier molecular flexibility index (Phi) is 5.41. The van der Waals surface area contributed by atoms with E-state index >= 15 is 0 Å². The summed E-state index contributed by atoms with van der Waals surface area (Å²) < 4.78 is 79.5. The van der Waals surface area contributed by atoms with Gasteiger partial charge in [-0.05, 0) is 12.5 Å². The van der Waals surface area contributed by atoms with Crippen molar-refractivity contribution in [3.63, 3.8) is 0 Å². The minimum atomic E-state index is -4.36. The SMILES string of the molecule is Cc1ccc(C(O)COCC(F)(F)C(F)F)c(F)c1F. The highest BCUT2D eigenvalue weighted by molar-refractivity contribution is 5.27. The van der Waals surface area contributed by atoms with Gasteiger partial charge in [0.15, 0.2) is 11.6 Å². The molecule has 1 unspecified atom stereocenters. The van der Waals surface area contributed by atoms with E-state index in [2.05, 4.69) is 4.74 Å². The van der Waals surface area contributed by atoms with Gasteiger partial charge in [0.1, 0.15) is 12.7 Å². The van der Waals surface area contributed by atoms with Crippen molar-refractivity contribution in [3.8, 4) is 0 Å². The topological polar surface area (TPSA) is 29.5 Å². The van der Waals surface area contributed by atoms with Crippen LogP contribution in [0, 0.1) is 18.6 Å². The summed E-state index contributed by atoms with van der Waals surface area (Å²) in [6.45, 7) is -1.19. The van der Waals surface area contributed by atoms with Crippen LogP contribution in [0.1, 0.15) is 17.2 Å². The van der Waals surface area contributed by atoms with Gasteiger partial charge in [-0.3, -0.25) is 0 Å². The fourth-order valence-corrected chi connectivity index (χ4v) is 1.38. The maximum absolute atomic E-state index is 13.4. The molecule has 1 aromatic rings. The van der Waals surface area contributed by atoms with Crippen molar-refractivity contribution >= 4 is 0 Å². The Labute approximate surface area is 111 Å². The van der Waals surface area contributed by atoms with Gasteiger partial charge in [0.25, 0.3) is 0 Å². The van der Waals surface area contributed by atoms with Crippen LogP contribution in [0.4, 0.5) is 26.3 Å². The molecule has 0 amide bonds. The molecule has 20 heavy (non-hydrogen) atoms. The van der Waals surface area contributed by atoms with E-state index in [0.717, 1.165) is 6.07 Å². The highest BCUT2D eigenvalue weighted by Crippen LogP contribution is 2.25. The summed E-state index contributed by atoms with van der Waals surface area (Å²) in [5, 5.41) is 9.49. The third kappa shape index (κ3) is 3.86. The summed E-state index contributed by atoms with van der Waals surface area (Å²) in [5.41, 5.74) is -0.489. The number of halogens is 6. The first-order valence-electron chi connectivity index (χ1n) is 5.53. The van der Waals surface area contributed by atoms with Crippen LogP contribution in [-0.2, 0) is 4.74 Å². The molecule has 0 aliphatic heterocycles. The van der Waals surface area contributed by atoms with Gasteiger partial charge in [-0.25, -0.2) is 17.6 Å². The fourth-order valence-electron chi connectivity index (χ4n) is 1.38. The largest absolute Gasteiger partial charge is 0.386 e. The number of alkyl halides is 4. The second-order valence-electron chi connectivity index (χ2n) is 4.19. The highest BCUT2D eigenvalue weighted by Gasteiger charge is 2.41. The molecule has 114 valence electrons. The standard InChI is InChI=1S/C12H12F6O2/c1-6-2-3-7(10(14)9(6)13)8(19)4-20-5-12(17,18)11(15)16/h2-3,8,11,19H,4-5H2,1H3. The maximum Gasteiger partial charge on any atom is 0.330 e. The lowest BCUT2D eigenvalue weighted by Gasteiger charge is -2.17. The zero-order chi connectivity index (χ0) is 15.5. The number of hydrogen-bond acceptors (Lipinski definition) is 2. The van der Waals surface area contributed by atoms with Gasteiger partial charge < -0.3 is 9.84 Å². The molecule has 2 nitrogen and oxygen atoms in total. The summed E-state index contributed by atoms with van der Waals surface area (Å²) in [6.07, 6.45) is -5.65. The second kappa shape index (κ2) is 6.45. The van der Waals surface area contributed by atoms with Crippen molar-refractivity contribution in [2.24, 2.45) is 0 Å². The van der Waals surface area contributed by atoms with Crippen LogP contribution in [0.5, 0.6) is 0 Å². The second-order valence-corrected chi connectivity index (χ2v) is 4.19. The average molecular weight is 302 g/mol. The summed E-state index contributed by atoms with van der Waals surface area (Å²) >= 11 is 0. The maximum atomic E-state index is 13.4. The third-order valence-corrected chi connectivity index (χ3v) is 2.55. The highest BCUT2D eigenvalue weighted by atomic mass is 19.3. The Balaban J connectivity index is 2.65. The molecule has 0 saturated carbocycles. The lowest BCUT2D eigenvalue weighted by molar-refractivity contribution is -0.171. The lowest BCUT2D eigenvalue weighted by atomic mass is 10.1. The summed E-state index contributed by atoms with van der Waals surface area (Å²) in [4.78, 5) is 0. The number of aliphatic hydroxyl groups excluding tert-OH is 1. The van der Waals surface area contributed by atoms with Crippen molar-refractivity contribution in [1.29, 1.82) is 0 Å². The van der Waals surface area contributed by atoms with Gasteiger partial charge in [0.05, 0.1) is 6.61 Å². The van der Waals surface area contributed by atoms with Crippen molar-refractivity contribution in [3.05, 3.63) is 34.9 Å². The quantitative estimate of drug-likeness (QED) is 0.818. The Morgan fingerprint density at radius 1 is 1.20 bits per heavy atom. The molecule has 1 rings (SSSR count). The summed E-state index contributed by atoms with van der Waals surface area (Å²) in [5.74, 6) is -6.88. The van der Waals surface area contributed by atoms with E-state index in [0.29, 0.717) is 0 Å². The first-order valence-corrected chi connectivity index (χ1v) is 5.53. The fraction of sp³-hybridized carbons (Fsp3) is 0.500. The Morgan fingerprint density at radius 2 is 1.80 bits per heavy atom. The van der Waals surface area contributed by atoms with E-state index in [4.69, 9.17) is 0 Å². The van der Waals surface area contributed by atoms with Gasteiger partial charge >= 0.3 is 12.3 Å². The van der Waals surface area contributed by atoms with Crippen LogP contribution in [0.25, 0.3) is 0 Å². The molecule has 8 heteroatoms. The molecule has 0 radical (unpaired) electrons. The van der Waals surface area contributed by atoms with Gasteiger partial charge in [0, 0.05) is 5.56 Å². The Hall–Kier alpha value is -1.28. The molecular formula is C12H12F6O2. The molecule has 0 fully saturated rings. The molecule has 0 aromatic heterocycles. The van der Waals surface area contributed by atoms with Crippen molar-refractivity contribution in [1.82, 2.24) is 0 Å². The molecule has 0 saturated heterocycles. The molecule has 0 bridgehead atoms. The van der Waals surface area contributed by atoms with Gasteiger partial charge in [-0.15, -0.1) is 0 Å². The zero-order valence-electron chi connectivity index (χ0n) is 10.3. The van der Waals surface area contributed by atoms with Gasteiger partial charge in [-0.2, -0.15) is 8.78 Å². The number of hydrogen-bond donors (Lipinski definition) is 1. The smallest absolute Gasteiger partial charge is 0.330 e. The van der Waals surface area contributed by atoms with Crippen LogP contribution in [0.2, 0.25) is 0 Å². The Morgan fingerprint density at radius 3 is 2.35 bits per heavy atom. The van der Waals surface area contributed by atoms with Crippen molar-refractivity contribution in [2.75, 3.05) is 13.2 Å². The molecular weight excluding hydrogens is 290 g/mol. The van der Waals surface area contributed by atoms with Crippen LogP contribution in [-0.4, -0.2) is 30.7 Å². The predicted molar refractivity (Wildman–Crippen MR) is 57.8 cm³/mol.